The number of carbonyl (C=O) groups excluding carboxylic acids is 1. The molecule has 2 fully saturated rings. The van der Waals surface area contributed by atoms with E-state index in [0.717, 1.165) is 39.7 Å². The molecule has 37 heavy (non-hydrogen) atoms. The summed E-state index contributed by atoms with van der Waals surface area (Å²) in [5.41, 5.74) is 1.90. The summed E-state index contributed by atoms with van der Waals surface area (Å²) in [6.07, 6.45) is -3.69. The summed E-state index contributed by atoms with van der Waals surface area (Å²) in [6, 6.07) is 13.0. The summed E-state index contributed by atoms with van der Waals surface area (Å²) in [5.74, 6) is 0.611. The Morgan fingerprint density at radius 2 is 1.78 bits per heavy atom. The first-order chi connectivity index (χ1) is 17.8. The van der Waals surface area contributed by atoms with Gasteiger partial charge in [-0.05, 0) is 36.2 Å². The Morgan fingerprint density at radius 3 is 2.49 bits per heavy atom. The van der Waals surface area contributed by atoms with Crippen molar-refractivity contribution >= 4 is 17.4 Å². The maximum Gasteiger partial charge on any atom is 0.416 e. The van der Waals surface area contributed by atoms with Crippen LogP contribution < -0.4 is 4.74 Å². The lowest BCUT2D eigenvalue weighted by molar-refractivity contribution is -0.137. The SMILES string of the molecule is COc1cccc(-c2csc(C3CC(c4ccc(C(F)(F)F)cc4)CN(C(=O)N4CCOCC4)C3)n2)c1. The van der Waals surface area contributed by atoms with Crippen molar-refractivity contribution in [3.63, 3.8) is 0 Å². The summed E-state index contributed by atoms with van der Waals surface area (Å²) in [4.78, 5) is 21.9. The molecule has 0 spiro atoms. The zero-order chi connectivity index (χ0) is 26.0. The van der Waals surface area contributed by atoms with E-state index in [1.807, 2.05) is 34.5 Å². The van der Waals surface area contributed by atoms with Crippen LogP contribution in [0.3, 0.4) is 0 Å². The van der Waals surface area contributed by atoms with Gasteiger partial charge in [0.05, 0.1) is 36.6 Å². The Bertz CT molecular complexity index is 1230. The van der Waals surface area contributed by atoms with Gasteiger partial charge in [0, 0.05) is 49.0 Å². The van der Waals surface area contributed by atoms with Crippen molar-refractivity contribution in [3.05, 3.63) is 70.0 Å². The molecule has 2 amide bonds. The standard InChI is InChI=1S/C27H28F3N3O3S/c1-35-23-4-2-3-19(14-23)24-17-37-25(31-24)21-13-20(18-5-7-22(8-6-18)27(28,29)30)15-33(16-21)26(34)32-9-11-36-12-10-32/h2-8,14,17,20-21H,9-13,15-16H2,1H3. The highest BCUT2D eigenvalue weighted by atomic mass is 32.1. The third-order valence-corrected chi connectivity index (χ3v) is 7.96. The van der Waals surface area contributed by atoms with Gasteiger partial charge in [-0.15, -0.1) is 11.3 Å². The van der Waals surface area contributed by atoms with E-state index in [1.54, 1.807) is 23.3 Å². The first kappa shape index (κ1) is 25.5. The molecular weight excluding hydrogens is 503 g/mol. The number of urea groups is 1. The van der Waals surface area contributed by atoms with Gasteiger partial charge in [0.2, 0.25) is 0 Å². The number of benzene rings is 2. The molecular formula is C27H28F3N3O3S. The second kappa shape index (κ2) is 10.7. The van der Waals surface area contributed by atoms with Crippen LogP contribution in [0.2, 0.25) is 0 Å². The second-order valence-corrected chi connectivity index (χ2v) is 10.2. The number of morpholine rings is 1. The molecule has 2 aliphatic rings. The Morgan fingerprint density at radius 1 is 1.05 bits per heavy atom. The molecule has 2 atom stereocenters. The minimum absolute atomic E-state index is 0.0320. The minimum atomic E-state index is -4.39. The molecule has 1 aromatic heterocycles. The van der Waals surface area contributed by atoms with E-state index in [0.29, 0.717) is 45.8 Å². The lowest BCUT2D eigenvalue weighted by Gasteiger charge is -2.40. The molecule has 196 valence electrons. The van der Waals surface area contributed by atoms with Crippen LogP contribution in [-0.4, -0.2) is 67.3 Å². The lowest BCUT2D eigenvalue weighted by atomic mass is 9.84. The number of hydrogen-bond donors (Lipinski definition) is 0. The maximum atomic E-state index is 13.4. The molecule has 2 aliphatic heterocycles. The van der Waals surface area contributed by atoms with Crippen LogP contribution in [0.25, 0.3) is 11.3 Å². The average Bonchev–Trinajstić information content (AvgIpc) is 3.43. The van der Waals surface area contributed by atoms with Crippen molar-refractivity contribution in [2.45, 2.75) is 24.4 Å². The number of halogens is 3. The number of thiazole rings is 1. The molecule has 5 rings (SSSR count). The van der Waals surface area contributed by atoms with Gasteiger partial charge in [0.15, 0.2) is 0 Å². The van der Waals surface area contributed by atoms with E-state index in [9.17, 15) is 18.0 Å². The highest BCUT2D eigenvalue weighted by molar-refractivity contribution is 7.10. The first-order valence-electron chi connectivity index (χ1n) is 12.2. The number of carbonyl (C=O) groups is 1. The van der Waals surface area contributed by atoms with Crippen molar-refractivity contribution in [1.82, 2.24) is 14.8 Å². The summed E-state index contributed by atoms with van der Waals surface area (Å²) in [6.45, 7) is 3.03. The maximum absolute atomic E-state index is 13.4. The predicted molar refractivity (Wildman–Crippen MR) is 135 cm³/mol. The van der Waals surface area contributed by atoms with E-state index in [2.05, 4.69) is 0 Å². The molecule has 0 radical (unpaired) electrons. The smallest absolute Gasteiger partial charge is 0.416 e. The number of likely N-dealkylation sites (tertiary alicyclic amines) is 1. The number of methoxy groups -OCH3 is 1. The zero-order valence-electron chi connectivity index (χ0n) is 20.4. The number of nitrogens with zero attached hydrogens (tertiary/aromatic N) is 3. The van der Waals surface area contributed by atoms with Crippen molar-refractivity contribution in [1.29, 1.82) is 0 Å². The molecule has 0 aliphatic carbocycles. The fourth-order valence-corrected chi connectivity index (χ4v) is 5.90. The number of hydrogen-bond acceptors (Lipinski definition) is 5. The van der Waals surface area contributed by atoms with E-state index >= 15 is 0 Å². The molecule has 2 unspecified atom stereocenters. The van der Waals surface area contributed by atoms with Crippen molar-refractivity contribution in [2.24, 2.45) is 0 Å². The summed E-state index contributed by atoms with van der Waals surface area (Å²) in [5, 5.41) is 2.91. The first-order valence-corrected chi connectivity index (χ1v) is 13.1. The molecule has 2 saturated heterocycles. The molecule has 0 N–H and O–H groups in total. The van der Waals surface area contributed by atoms with E-state index < -0.39 is 11.7 Å². The van der Waals surface area contributed by atoms with Crippen molar-refractivity contribution in [2.75, 3.05) is 46.5 Å². The third kappa shape index (κ3) is 5.75. The van der Waals surface area contributed by atoms with Crippen LogP contribution in [-0.2, 0) is 10.9 Å². The minimum Gasteiger partial charge on any atom is -0.497 e. The number of amides is 2. The van der Waals surface area contributed by atoms with Gasteiger partial charge in [-0.1, -0.05) is 24.3 Å². The molecule has 6 nitrogen and oxygen atoms in total. The van der Waals surface area contributed by atoms with Crippen LogP contribution >= 0.6 is 11.3 Å². The Labute approximate surface area is 217 Å². The zero-order valence-corrected chi connectivity index (χ0v) is 21.2. The van der Waals surface area contributed by atoms with Gasteiger partial charge in [0.1, 0.15) is 5.75 Å². The fraction of sp³-hybridized carbons (Fsp3) is 0.407. The monoisotopic (exact) mass is 531 g/mol. The normalized spacial score (nSPS) is 20.6. The van der Waals surface area contributed by atoms with Gasteiger partial charge in [-0.2, -0.15) is 13.2 Å². The summed E-state index contributed by atoms with van der Waals surface area (Å²) < 4.78 is 50.1. The van der Waals surface area contributed by atoms with E-state index in [1.165, 1.54) is 12.1 Å². The topological polar surface area (TPSA) is 54.9 Å². The highest BCUT2D eigenvalue weighted by Gasteiger charge is 2.36. The number of aromatic nitrogens is 1. The predicted octanol–water partition coefficient (Wildman–Crippen LogP) is 5.86. The number of alkyl halides is 3. The second-order valence-electron chi connectivity index (χ2n) is 9.34. The lowest BCUT2D eigenvalue weighted by Crippen LogP contribution is -2.52. The van der Waals surface area contributed by atoms with Crippen LogP contribution in [0.5, 0.6) is 5.75 Å². The number of piperidine rings is 1. The van der Waals surface area contributed by atoms with E-state index in [-0.39, 0.29) is 17.9 Å². The van der Waals surface area contributed by atoms with Crippen LogP contribution in [0.1, 0.15) is 34.4 Å². The quantitative estimate of drug-likeness (QED) is 0.423. The summed E-state index contributed by atoms with van der Waals surface area (Å²) >= 11 is 1.54. The van der Waals surface area contributed by atoms with Gasteiger partial charge in [0.25, 0.3) is 0 Å². The van der Waals surface area contributed by atoms with Crippen LogP contribution in [0, 0.1) is 0 Å². The molecule has 3 heterocycles. The van der Waals surface area contributed by atoms with Crippen LogP contribution in [0.4, 0.5) is 18.0 Å². The van der Waals surface area contributed by atoms with Crippen molar-refractivity contribution in [3.8, 4) is 17.0 Å². The van der Waals surface area contributed by atoms with Crippen LogP contribution in [0.15, 0.2) is 53.9 Å². The molecule has 2 aromatic carbocycles. The van der Waals surface area contributed by atoms with Gasteiger partial charge < -0.3 is 19.3 Å². The number of rotatable bonds is 4. The Hall–Kier alpha value is -3.11. The highest BCUT2D eigenvalue weighted by Crippen LogP contribution is 2.39. The van der Waals surface area contributed by atoms with Crippen molar-refractivity contribution < 1.29 is 27.4 Å². The Balaban J connectivity index is 1.42. The Kier molecular flexibility index (Phi) is 7.39. The van der Waals surface area contributed by atoms with E-state index in [4.69, 9.17) is 14.5 Å². The van der Waals surface area contributed by atoms with Gasteiger partial charge >= 0.3 is 12.2 Å². The van der Waals surface area contributed by atoms with Gasteiger partial charge in [-0.3, -0.25) is 0 Å². The largest absolute Gasteiger partial charge is 0.497 e. The average molecular weight is 532 g/mol. The van der Waals surface area contributed by atoms with Gasteiger partial charge in [-0.25, -0.2) is 9.78 Å². The summed E-state index contributed by atoms with van der Waals surface area (Å²) in [7, 11) is 1.62. The molecule has 10 heteroatoms. The molecule has 0 saturated carbocycles. The molecule has 3 aromatic rings. The fourth-order valence-electron chi connectivity index (χ4n) is 4.96. The molecule has 0 bridgehead atoms. The number of ether oxygens (including phenoxy) is 2. The third-order valence-electron chi connectivity index (χ3n) is 6.95.